The monoisotopic (exact) mass is 364 g/mol. The summed E-state index contributed by atoms with van der Waals surface area (Å²) >= 11 is 0. The van der Waals surface area contributed by atoms with Gasteiger partial charge in [0.2, 0.25) is 5.91 Å². The molecule has 0 unspecified atom stereocenters. The van der Waals surface area contributed by atoms with Crippen molar-refractivity contribution in [1.82, 2.24) is 9.88 Å². The molecule has 0 aliphatic carbocycles. The van der Waals surface area contributed by atoms with E-state index in [1.54, 1.807) is 7.11 Å². The summed E-state index contributed by atoms with van der Waals surface area (Å²) < 4.78 is 7.74. The van der Waals surface area contributed by atoms with Gasteiger partial charge in [-0.15, -0.1) is 0 Å². The number of carbonyl (C=O) groups excluding carboxylic acids is 1. The van der Waals surface area contributed by atoms with Crippen LogP contribution in [0.5, 0.6) is 5.75 Å². The second kappa shape index (κ2) is 8.30. The number of hydrogen-bond acceptors (Lipinski definition) is 2. The lowest BCUT2D eigenvalue weighted by molar-refractivity contribution is -0.121. The van der Waals surface area contributed by atoms with Crippen LogP contribution in [0.2, 0.25) is 0 Å². The van der Waals surface area contributed by atoms with Gasteiger partial charge in [0.1, 0.15) is 5.75 Å². The number of ether oxygens (including phenoxy) is 1. The van der Waals surface area contributed by atoms with Crippen LogP contribution in [0.25, 0.3) is 10.9 Å². The summed E-state index contributed by atoms with van der Waals surface area (Å²) in [5.41, 5.74) is 3.35. The number of hydrogen-bond donors (Lipinski definition) is 1. The minimum atomic E-state index is -0.0729. The number of amides is 1. The highest BCUT2D eigenvalue weighted by molar-refractivity contribution is 5.86. The van der Waals surface area contributed by atoms with E-state index in [2.05, 4.69) is 41.2 Å². The Bertz CT molecular complexity index is 929. The van der Waals surface area contributed by atoms with Gasteiger partial charge in [0.05, 0.1) is 7.11 Å². The normalized spacial score (nSPS) is 13.3. The minimum Gasteiger partial charge on any atom is -0.496 e. The highest BCUT2D eigenvalue weighted by atomic mass is 16.5. The molecule has 0 saturated heterocycles. The molecule has 1 N–H and O–H groups in total. The van der Waals surface area contributed by atoms with Crippen LogP contribution in [-0.4, -0.2) is 23.6 Å². The minimum absolute atomic E-state index is 0.0631. The van der Waals surface area contributed by atoms with Crippen LogP contribution in [0.4, 0.5) is 0 Å². The third-order valence-corrected chi connectivity index (χ3v) is 5.23. The summed E-state index contributed by atoms with van der Waals surface area (Å²) in [4.78, 5) is 12.8. The highest BCUT2D eigenvalue weighted by Crippen LogP contribution is 2.38. The number of aryl methyl sites for hydroxylation is 1. The molecule has 4 nitrogen and oxygen atoms in total. The Hall–Kier alpha value is -2.75. The van der Waals surface area contributed by atoms with Gasteiger partial charge in [-0.25, -0.2) is 0 Å². The smallest absolute Gasteiger partial charge is 0.221 e. The van der Waals surface area contributed by atoms with Gasteiger partial charge in [-0.2, -0.15) is 0 Å². The molecule has 27 heavy (non-hydrogen) atoms. The number of nitrogens with one attached hydrogen (secondary N) is 1. The average molecular weight is 364 g/mol. The van der Waals surface area contributed by atoms with E-state index in [4.69, 9.17) is 4.74 Å². The molecule has 0 saturated carbocycles. The fraction of sp³-hybridized carbons (Fsp3) is 0.348. The van der Waals surface area contributed by atoms with Crippen molar-refractivity contribution in [3.63, 3.8) is 0 Å². The molecule has 1 aromatic heterocycles. The van der Waals surface area contributed by atoms with E-state index in [1.165, 1.54) is 5.39 Å². The third kappa shape index (κ3) is 4.00. The van der Waals surface area contributed by atoms with Crippen LogP contribution in [0, 0.1) is 0 Å². The van der Waals surface area contributed by atoms with Crippen LogP contribution in [-0.2, 0) is 11.8 Å². The summed E-state index contributed by atoms with van der Waals surface area (Å²) in [6.07, 6.45) is 3.44. The van der Waals surface area contributed by atoms with Gasteiger partial charge in [0.25, 0.3) is 0 Å². The fourth-order valence-corrected chi connectivity index (χ4v) is 3.61. The molecular weight excluding hydrogens is 336 g/mol. The second-order valence-electron chi connectivity index (χ2n) is 7.09. The maximum atomic E-state index is 12.8. The van der Waals surface area contributed by atoms with E-state index in [0.717, 1.165) is 28.8 Å². The first kappa shape index (κ1) is 19.0. The quantitative estimate of drug-likeness (QED) is 0.664. The molecule has 1 heterocycles. The molecule has 0 fully saturated rings. The predicted octanol–water partition coefficient (Wildman–Crippen LogP) is 4.62. The van der Waals surface area contributed by atoms with Gasteiger partial charge in [-0.3, -0.25) is 4.79 Å². The maximum absolute atomic E-state index is 12.8. The first-order chi connectivity index (χ1) is 13.0. The molecule has 142 valence electrons. The molecule has 2 aromatic carbocycles. The first-order valence-corrected chi connectivity index (χ1v) is 9.51. The molecule has 0 spiro atoms. The topological polar surface area (TPSA) is 43.3 Å². The molecule has 3 aromatic rings. The summed E-state index contributed by atoms with van der Waals surface area (Å²) in [7, 11) is 3.72. The van der Waals surface area contributed by atoms with E-state index in [-0.39, 0.29) is 17.9 Å². The molecule has 0 bridgehead atoms. The van der Waals surface area contributed by atoms with Crippen molar-refractivity contribution >= 4 is 16.8 Å². The van der Waals surface area contributed by atoms with Crippen LogP contribution in [0.3, 0.4) is 0 Å². The number of fused-ring (bicyclic) bond motifs is 1. The zero-order valence-corrected chi connectivity index (χ0v) is 16.5. The van der Waals surface area contributed by atoms with E-state index in [0.29, 0.717) is 6.42 Å². The number of rotatable bonds is 7. The van der Waals surface area contributed by atoms with Crippen LogP contribution < -0.4 is 10.1 Å². The fourth-order valence-electron chi connectivity index (χ4n) is 3.61. The molecule has 0 aliphatic rings. The van der Waals surface area contributed by atoms with Gasteiger partial charge >= 0.3 is 0 Å². The zero-order valence-electron chi connectivity index (χ0n) is 16.5. The van der Waals surface area contributed by atoms with Crippen molar-refractivity contribution in [1.29, 1.82) is 0 Å². The van der Waals surface area contributed by atoms with Gasteiger partial charge < -0.3 is 14.6 Å². The Balaban J connectivity index is 2.08. The van der Waals surface area contributed by atoms with Crippen LogP contribution >= 0.6 is 0 Å². The van der Waals surface area contributed by atoms with Crippen LogP contribution in [0.1, 0.15) is 43.7 Å². The number of methoxy groups -OCH3 is 1. The molecule has 0 radical (unpaired) electrons. The van der Waals surface area contributed by atoms with Gasteiger partial charge in [0, 0.05) is 48.1 Å². The molecule has 2 atom stereocenters. The number of para-hydroxylation sites is 2. The Kier molecular flexibility index (Phi) is 5.84. The number of carbonyl (C=O) groups is 1. The lowest BCUT2D eigenvalue weighted by Gasteiger charge is -2.21. The zero-order chi connectivity index (χ0) is 19.4. The van der Waals surface area contributed by atoms with Gasteiger partial charge in [0.15, 0.2) is 0 Å². The van der Waals surface area contributed by atoms with Gasteiger partial charge in [-0.05, 0) is 31.0 Å². The predicted molar refractivity (Wildman–Crippen MR) is 110 cm³/mol. The van der Waals surface area contributed by atoms with E-state index >= 15 is 0 Å². The molecule has 3 rings (SSSR count). The lowest BCUT2D eigenvalue weighted by Crippen LogP contribution is -2.33. The number of benzene rings is 2. The van der Waals surface area contributed by atoms with E-state index < -0.39 is 0 Å². The molecule has 0 aliphatic heterocycles. The summed E-state index contributed by atoms with van der Waals surface area (Å²) in [6, 6.07) is 16.5. The molecular formula is C23H28N2O2. The maximum Gasteiger partial charge on any atom is 0.221 e. The molecule has 4 heteroatoms. The Labute approximate surface area is 161 Å². The number of nitrogens with zero attached hydrogens (tertiary/aromatic N) is 1. The SMILES string of the molecule is CC[C@@H](C)NC(=O)C[C@@H](c1ccccc1OC)c1cn(C)c2ccccc12. The van der Waals surface area contributed by atoms with Crippen molar-refractivity contribution < 1.29 is 9.53 Å². The summed E-state index contributed by atoms with van der Waals surface area (Å²) in [5.74, 6) is 0.802. The van der Waals surface area contributed by atoms with Crippen molar-refractivity contribution in [3.8, 4) is 5.75 Å². The van der Waals surface area contributed by atoms with Gasteiger partial charge in [-0.1, -0.05) is 43.3 Å². The van der Waals surface area contributed by atoms with Crippen LogP contribution in [0.15, 0.2) is 54.7 Å². The standard InChI is InChI=1S/C23H28N2O2/c1-5-16(2)24-23(26)14-19(18-11-7-9-13-22(18)27-4)20-15-25(3)21-12-8-6-10-17(20)21/h6-13,15-16,19H,5,14H2,1-4H3,(H,24,26)/t16-,19+/m1/s1. The Morgan fingerprint density at radius 2 is 1.81 bits per heavy atom. The summed E-state index contributed by atoms with van der Waals surface area (Å²) in [5, 5.41) is 4.28. The third-order valence-electron chi connectivity index (χ3n) is 5.23. The van der Waals surface area contributed by atoms with E-state index in [1.807, 2.05) is 44.3 Å². The number of aromatic nitrogens is 1. The highest BCUT2D eigenvalue weighted by Gasteiger charge is 2.25. The first-order valence-electron chi connectivity index (χ1n) is 9.51. The summed E-state index contributed by atoms with van der Waals surface area (Å²) in [6.45, 7) is 4.11. The average Bonchev–Trinajstić information content (AvgIpc) is 3.02. The van der Waals surface area contributed by atoms with Crippen molar-refractivity contribution in [2.45, 2.75) is 38.6 Å². The Morgan fingerprint density at radius 3 is 2.56 bits per heavy atom. The van der Waals surface area contributed by atoms with Crippen molar-refractivity contribution in [2.75, 3.05) is 7.11 Å². The largest absolute Gasteiger partial charge is 0.496 e. The lowest BCUT2D eigenvalue weighted by atomic mass is 9.87. The van der Waals surface area contributed by atoms with Crippen molar-refractivity contribution in [3.05, 3.63) is 65.9 Å². The van der Waals surface area contributed by atoms with Crippen molar-refractivity contribution in [2.24, 2.45) is 7.05 Å². The molecule has 1 amide bonds. The van der Waals surface area contributed by atoms with E-state index in [9.17, 15) is 4.79 Å². The second-order valence-corrected chi connectivity index (χ2v) is 7.09. The Morgan fingerprint density at radius 1 is 1.11 bits per heavy atom.